The minimum absolute atomic E-state index is 0.145. The van der Waals surface area contributed by atoms with Crippen molar-refractivity contribution in [1.29, 1.82) is 0 Å². The first kappa shape index (κ1) is 22.9. The molecular weight excluding hydrogens is 286 g/mol. The average molecular weight is 330 g/mol. The number of hydrogen-bond acceptors (Lipinski definition) is 3. The molecule has 0 heterocycles. The molecule has 0 spiro atoms. The van der Waals surface area contributed by atoms with E-state index in [0.717, 1.165) is 19.4 Å². The first-order valence-corrected chi connectivity index (χ1v) is 10.1. The van der Waals surface area contributed by atoms with Crippen molar-refractivity contribution in [1.82, 2.24) is 4.90 Å². The van der Waals surface area contributed by atoms with Crippen molar-refractivity contribution in [3.63, 3.8) is 0 Å². The number of aliphatic hydroxyl groups is 2. The Bertz CT molecular complexity index is 222. The standard InChI is InChI=1S/C20H43NO2/c1-21(2)19-20(23)17-15-13-11-9-7-5-3-4-6-8-10-12-14-16-18-22/h20,22-23H,3-19H2,1-2H3. The molecule has 0 fully saturated rings. The van der Waals surface area contributed by atoms with Gasteiger partial charge < -0.3 is 15.1 Å². The number of aliphatic hydroxyl groups excluding tert-OH is 2. The quantitative estimate of drug-likeness (QED) is 0.357. The number of likely N-dealkylation sites (N-methyl/N-ethyl adjacent to an activating group) is 1. The van der Waals surface area contributed by atoms with Gasteiger partial charge in [-0.1, -0.05) is 83.5 Å². The van der Waals surface area contributed by atoms with E-state index < -0.39 is 0 Å². The van der Waals surface area contributed by atoms with Crippen molar-refractivity contribution in [3.8, 4) is 0 Å². The minimum Gasteiger partial charge on any atom is -0.396 e. The van der Waals surface area contributed by atoms with Crippen molar-refractivity contribution in [2.75, 3.05) is 27.2 Å². The molecule has 0 aromatic heterocycles. The van der Waals surface area contributed by atoms with E-state index in [1.807, 2.05) is 14.1 Å². The van der Waals surface area contributed by atoms with E-state index in [1.54, 1.807) is 0 Å². The lowest BCUT2D eigenvalue weighted by Gasteiger charge is -2.15. The highest BCUT2D eigenvalue weighted by Gasteiger charge is 2.04. The van der Waals surface area contributed by atoms with Gasteiger partial charge in [0.2, 0.25) is 0 Å². The van der Waals surface area contributed by atoms with Crippen LogP contribution in [0, 0.1) is 0 Å². The molecule has 0 bridgehead atoms. The zero-order valence-corrected chi connectivity index (χ0v) is 15.9. The molecule has 140 valence electrons. The molecule has 0 aliphatic carbocycles. The largest absolute Gasteiger partial charge is 0.396 e. The third kappa shape index (κ3) is 19.8. The summed E-state index contributed by atoms with van der Waals surface area (Å²) in [6, 6.07) is 0. The van der Waals surface area contributed by atoms with Gasteiger partial charge in [0.05, 0.1) is 6.10 Å². The molecule has 2 N–H and O–H groups in total. The van der Waals surface area contributed by atoms with Gasteiger partial charge >= 0.3 is 0 Å². The molecule has 0 rings (SSSR count). The Morgan fingerprint density at radius 3 is 1.30 bits per heavy atom. The summed E-state index contributed by atoms with van der Waals surface area (Å²) in [4.78, 5) is 2.06. The normalized spacial score (nSPS) is 12.9. The van der Waals surface area contributed by atoms with Crippen LogP contribution in [-0.4, -0.2) is 48.5 Å². The lowest BCUT2D eigenvalue weighted by Crippen LogP contribution is -2.25. The van der Waals surface area contributed by atoms with Gasteiger partial charge in [-0.2, -0.15) is 0 Å². The summed E-state index contributed by atoms with van der Waals surface area (Å²) >= 11 is 0. The van der Waals surface area contributed by atoms with Crippen molar-refractivity contribution in [3.05, 3.63) is 0 Å². The van der Waals surface area contributed by atoms with Gasteiger partial charge in [0, 0.05) is 13.2 Å². The smallest absolute Gasteiger partial charge is 0.0666 e. The fourth-order valence-corrected chi connectivity index (χ4v) is 3.13. The monoisotopic (exact) mass is 329 g/mol. The maximum atomic E-state index is 9.77. The zero-order valence-electron chi connectivity index (χ0n) is 15.9. The summed E-state index contributed by atoms with van der Waals surface area (Å²) in [5.41, 5.74) is 0. The van der Waals surface area contributed by atoms with E-state index in [1.165, 1.54) is 83.5 Å². The van der Waals surface area contributed by atoms with Crippen LogP contribution in [0.2, 0.25) is 0 Å². The third-order valence-corrected chi connectivity index (χ3v) is 4.52. The highest BCUT2D eigenvalue weighted by atomic mass is 16.3. The van der Waals surface area contributed by atoms with Gasteiger partial charge in [0.1, 0.15) is 0 Å². The van der Waals surface area contributed by atoms with Crippen LogP contribution in [0.1, 0.15) is 96.3 Å². The van der Waals surface area contributed by atoms with Crippen molar-refractivity contribution in [2.24, 2.45) is 0 Å². The van der Waals surface area contributed by atoms with E-state index in [0.29, 0.717) is 6.61 Å². The maximum absolute atomic E-state index is 9.77. The summed E-state index contributed by atoms with van der Waals surface area (Å²) in [6.45, 7) is 1.15. The van der Waals surface area contributed by atoms with Crippen LogP contribution in [0.4, 0.5) is 0 Å². The lowest BCUT2D eigenvalue weighted by molar-refractivity contribution is 0.125. The van der Waals surface area contributed by atoms with Crippen molar-refractivity contribution < 1.29 is 10.2 Å². The Morgan fingerprint density at radius 2 is 0.957 bits per heavy atom. The average Bonchev–Trinajstić information content (AvgIpc) is 2.50. The molecule has 3 nitrogen and oxygen atoms in total. The second kappa shape index (κ2) is 18.2. The lowest BCUT2D eigenvalue weighted by atomic mass is 10.0. The Kier molecular flexibility index (Phi) is 18.1. The van der Waals surface area contributed by atoms with E-state index in [4.69, 9.17) is 5.11 Å². The first-order valence-electron chi connectivity index (χ1n) is 10.1. The van der Waals surface area contributed by atoms with E-state index >= 15 is 0 Å². The topological polar surface area (TPSA) is 43.7 Å². The summed E-state index contributed by atoms with van der Waals surface area (Å²) in [5, 5.41) is 18.5. The molecule has 0 amide bonds. The van der Waals surface area contributed by atoms with Gasteiger partial charge in [0.15, 0.2) is 0 Å². The second-order valence-corrected chi connectivity index (χ2v) is 7.38. The Balaban J connectivity index is 3.05. The van der Waals surface area contributed by atoms with E-state index in [2.05, 4.69) is 4.90 Å². The highest BCUT2D eigenvalue weighted by molar-refractivity contribution is 4.59. The predicted molar refractivity (Wildman–Crippen MR) is 101 cm³/mol. The van der Waals surface area contributed by atoms with Gasteiger partial charge in [-0.3, -0.25) is 0 Å². The number of nitrogens with zero attached hydrogens (tertiary/aromatic N) is 1. The van der Waals surface area contributed by atoms with Crippen LogP contribution in [0.25, 0.3) is 0 Å². The summed E-state index contributed by atoms with van der Waals surface area (Å²) in [7, 11) is 4.03. The molecular formula is C20H43NO2. The molecule has 1 unspecified atom stereocenters. The number of rotatable bonds is 18. The molecule has 0 aliphatic rings. The van der Waals surface area contributed by atoms with Crippen LogP contribution >= 0.6 is 0 Å². The molecule has 0 aromatic carbocycles. The molecule has 1 atom stereocenters. The van der Waals surface area contributed by atoms with Crippen LogP contribution in [0.15, 0.2) is 0 Å². The van der Waals surface area contributed by atoms with E-state index in [-0.39, 0.29) is 6.10 Å². The third-order valence-electron chi connectivity index (χ3n) is 4.52. The van der Waals surface area contributed by atoms with Gasteiger partial charge in [-0.05, 0) is 26.9 Å². The van der Waals surface area contributed by atoms with Gasteiger partial charge in [-0.15, -0.1) is 0 Å². The Morgan fingerprint density at radius 1 is 0.609 bits per heavy atom. The van der Waals surface area contributed by atoms with Gasteiger partial charge in [0.25, 0.3) is 0 Å². The SMILES string of the molecule is CN(C)CC(O)CCCCCCCCCCCCCCCCO. The minimum atomic E-state index is -0.145. The maximum Gasteiger partial charge on any atom is 0.0666 e. The first-order chi connectivity index (χ1) is 11.2. The number of hydrogen-bond donors (Lipinski definition) is 2. The molecule has 0 saturated heterocycles. The Hall–Kier alpha value is -0.120. The van der Waals surface area contributed by atoms with Crippen molar-refractivity contribution in [2.45, 2.75) is 102 Å². The van der Waals surface area contributed by atoms with Crippen LogP contribution in [0.3, 0.4) is 0 Å². The van der Waals surface area contributed by atoms with Gasteiger partial charge in [-0.25, -0.2) is 0 Å². The van der Waals surface area contributed by atoms with Crippen molar-refractivity contribution >= 4 is 0 Å². The van der Waals surface area contributed by atoms with E-state index in [9.17, 15) is 5.11 Å². The number of unbranched alkanes of at least 4 members (excludes halogenated alkanes) is 13. The Labute approximate surface area is 145 Å². The van der Waals surface area contributed by atoms with Crippen LogP contribution in [0.5, 0.6) is 0 Å². The zero-order chi connectivity index (χ0) is 17.2. The predicted octanol–water partition coefficient (Wildman–Crippen LogP) is 4.75. The fraction of sp³-hybridized carbons (Fsp3) is 1.00. The summed E-state index contributed by atoms with van der Waals surface area (Å²) < 4.78 is 0. The molecule has 0 aliphatic heterocycles. The summed E-state index contributed by atoms with van der Waals surface area (Å²) in [6.07, 6.45) is 19.1. The molecule has 0 radical (unpaired) electrons. The molecule has 3 heteroatoms. The molecule has 0 aromatic rings. The highest BCUT2D eigenvalue weighted by Crippen LogP contribution is 2.13. The molecule has 0 saturated carbocycles. The summed E-state index contributed by atoms with van der Waals surface area (Å²) in [5.74, 6) is 0. The molecule has 23 heavy (non-hydrogen) atoms. The second-order valence-electron chi connectivity index (χ2n) is 7.38. The fourth-order valence-electron chi connectivity index (χ4n) is 3.13. The van der Waals surface area contributed by atoms with Crippen LogP contribution in [-0.2, 0) is 0 Å². The van der Waals surface area contributed by atoms with Crippen LogP contribution < -0.4 is 0 Å².